The number of ether oxygens (including phenoxy) is 1. The molecule has 1 rings (SSSR count). The lowest BCUT2D eigenvalue weighted by Crippen LogP contribution is -2.52. The maximum atomic E-state index is 12.0. The van der Waals surface area contributed by atoms with E-state index >= 15 is 0 Å². The monoisotopic (exact) mass is 270 g/mol. The van der Waals surface area contributed by atoms with E-state index in [1.807, 2.05) is 27.7 Å². The van der Waals surface area contributed by atoms with Gasteiger partial charge >= 0.3 is 0 Å². The molecule has 0 bridgehead atoms. The topological polar surface area (TPSA) is 58.6 Å². The number of rotatable bonds is 5. The molecule has 5 nitrogen and oxygen atoms in total. The standard InChI is InChI=1S/C14H26N2O3/c1-5-11(17)13(14(2,3)4)15-12(18)10-16-6-8-19-9-7-16/h13H,5-10H2,1-4H3,(H,15,18). The lowest BCUT2D eigenvalue weighted by Gasteiger charge is -2.32. The molecule has 1 N–H and O–H groups in total. The summed E-state index contributed by atoms with van der Waals surface area (Å²) in [7, 11) is 0. The van der Waals surface area contributed by atoms with Crippen LogP contribution >= 0.6 is 0 Å². The second-order valence-electron chi connectivity index (χ2n) is 6.07. The quantitative estimate of drug-likeness (QED) is 0.804. The van der Waals surface area contributed by atoms with Crippen LogP contribution < -0.4 is 5.32 Å². The zero-order valence-corrected chi connectivity index (χ0v) is 12.5. The Balaban J connectivity index is 2.53. The van der Waals surface area contributed by atoms with E-state index in [2.05, 4.69) is 10.2 Å². The zero-order chi connectivity index (χ0) is 14.5. The number of Topliss-reactive ketones (excluding diaryl/α,β-unsaturated/α-hetero) is 1. The van der Waals surface area contributed by atoms with Crippen molar-refractivity contribution in [3.05, 3.63) is 0 Å². The van der Waals surface area contributed by atoms with Gasteiger partial charge in [-0.25, -0.2) is 0 Å². The number of nitrogens with zero attached hydrogens (tertiary/aromatic N) is 1. The van der Waals surface area contributed by atoms with E-state index in [9.17, 15) is 9.59 Å². The molecule has 110 valence electrons. The minimum absolute atomic E-state index is 0.0800. The van der Waals surface area contributed by atoms with Crippen LogP contribution in [0.2, 0.25) is 0 Å². The summed E-state index contributed by atoms with van der Waals surface area (Å²) < 4.78 is 5.24. The van der Waals surface area contributed by atoms with Gasteiger partial charge in [-0.05, 0) is 5.41 Å². The molecule has 19 heavy (non-hydrogen) atoms. The lowest BCUT2D eigenvalue weighted by atomic mass is 9.83. The molecule has 1 saturated heterocycles. The molecule has 1 amide bonds. The summed E-state index contributed by atoms with van der Waals surface area (Å²) in [6.07, 6.45) is 0.444. The van der Waals surface area contributed by atoms with E-state index in [1.165, 1.54) is 0 Å². The number of ketones is 1. The van der Waals surface area contributed by atoms with Crippen LogP contribution in [0.3, 0.4) is 0 Å². The van der Waals surface area contributed by atoms with Crippen LogP contribution in [0.1, 0.15) is 34.1 Å². The first kappa shape index (κ1) is 16.1. The Labute approximate surface area is 115 Å². The van der Waals surface area contributed by atoms with Crippen LogP contribution in [0.25, 0.3) is 0 Å². The van der Waals surface area contributed by atoms with Crippen molar-refractivity contribution < 1.29 is 14.3 Å². The Kier molecular flexibility index (Phi) is 5.94. The minimum Gasteiger partial charge on any atom is -0.379 e. The van der Waals surface area contributed by atoms with E-state index in [1.54, 1.807) is 0 Å². The molecule has 1 fully saturated rings. The van der Waals surface area contributed by atoms with Gasteiger partial charge in [0.1, 0.15) is 0 Å². The van der Waals surface area contributed by atoms with Crippen molar-refractivity contribution in [3.63, 3.8) is 0 Å². The van der Waals surface area contributed by atoms with Crippen molar-refractivity contribution in [2.75, 3.05) is 32.8 Å². The van der Waals surface area contributed by atoms with Crippen LogP contribution in [0, 0.1) is 5.41 Å². The third-order valence-electron chi connectivity index (χ3n) is 3.31. The molecular weight excluding hydrogens is 244 g/mol. The molecule has 1 aliphatic heterocycles. The van der Waals surface area contributed by atoms with Gasteiger partial charge in [-0.3, -0.25) is 14.5 Å². The average molecular weight is 270 g/mol. The highest BCUT2D eigenvalue weighted by atomic mass is 16.5. The van der Waals surface area contributed by atoms with Gasteiger partial charge in [0.2, 0.25) is 5.91 Å². The maximum Gasteiger partial charge on any atom is 0.234 e. The number of nitrogens with one attached hydrogen (secondary N) is 1. The summed E-state index contributed by atoms with van der Waals surface area (Å²) in [5.41, 5.74) is -0.256. The summed E-state index contributed by atoms with van der Waals surface area (Å²) in [6.45, 7) is 11.0. The number of morpholine rings is 1. The summed E-state index contributed by atoms with van der Waals surface area (Å²) >= 11 is 0. The molecule has 5 heteroatoms. The van der Waals surface area contributed by atoms with E-state index < -0.39 is 6.04 Å². The van der Waals surface area contributed by atoms with Crippen molar-refractivity contribution >= 4 is 11.7 Å². The van der Waals surface area contributed by atoms with Crippen molar-refractivity contribution in [2.45, 2.75) is 40.2 Å². The second kappa shape index (κ2) is 7.01. The third kappa shape index (κ3) is 5.28. The first-order valence-electron chi connectivity index (χ1n) is 6.96. The predicted molar refractivity (Wildman–Crippen MR) is 73.9 cm³/mol. The number of hydrogen-bond acceptors (Lipinski definition) is 4. The van der Waals surface area contributed by atoms with Crippen LogP contribution in [-0.4, -0.2) is 55.5 Å². The third-order valence-corrected chi connectivity index (χ3v) is 3.31. The Morgan fingerprint density at radius 3 is 2.32 bits per heavy atom. The Morgan fingerprint density at radius 2 is 1.84 bits per heavy atom. The van der Waals surface area contributed by atoms with Gasteiger partial charge in [-0.1, -0.05) is 27.7 Å². The Bertz CT molecular complexity index is 317. The largest absolute Gasteiger partial charge is 0.379 e. The molecule has 0 saturated carbocycles. The highest BCUT2D eigenvalue weighted by molar-refractivity contribution is 5.90. The van der Waals surface area contributed by atoms with Crippen molar-refractivity contribution in [1.29, 1.82) is 0 Å². The van der Waals surface area contributed by atoms with Crippen LogP contribution in [-0.2, 0) is 14.3 Å². The predicted octanol–water partition coefficient (Wildman–Crippen LogP) is 0.829. The molecule has 1 heterocycles. The maximum absolute atomic E-state index is 12.0. The normalized spacial score (nSPS) is 18.9. The van der Waals surface area contributed by atoms with Crippen molar-refractivity contribution in [2.24, 2.45) is 5.41 Å². The summed E-state index contributed by atoms with van der Waals surface area (Å²) in [5.74, 6) is 0.00597. The SMILES string of the molecule is CCC(=O)C(NC(=O)CN1CCOCC1)C(C)(C)C. The molecule has 0 aromatic heterocycles. The molecule has 0 aromatic rings. The van der Waals surface area contributed by atoms with E-state index in [0.717, 1.165) is 13.1 Å². The summed E-state index contributed by atoms with van der Waals surface area (Å²) in [6, 6.07) is -0.411. The molecule has 1 aliphatic rings. The van der Waals surface area contributed by atoms with Gasteiger partial charge in [0, 0.05) is 19.5 Å². The van der Waals surface area contributed by atoms with Gasteiger partial charge in [-0.15, -0.1) is 0 Å². The second-order valence-corrected chi connectivity index (χ2v) is 6.07. The highest BCUT2D eigenvalue weighted by Gasteiger charge is 2.31. The number of amides is 1. The molecule has 0 spiro atoms. The van der Waals surface area contributed by atoms with E-state index in [4.69, 9.17) is 4.74 Å². The fourth-order valence-electron chi connectivity index (χ4n) is 2.15. The average Bonchev–Trinajstić information content (AvgIpc) is 2.35. The van der Waals surface area contributed by atoms with Crippen LogP contribution in [0.4, 0.5) is 0 Å². The summed E-state index contributed by atoms with van der Waals surface area (Å²) in [5, 5.41) is 2.88. The van der Waals surface area contributed by atoms with Gasteiger partial charge in [0.25, 0.3) is 0 Å². The first-order valence-corrected chi connectivity index (χ1v) is 6.96. The number of carbonyl (C=O) groups is 2. The van der Waals surface area contributed by atoms with E-state index in [-0.39, 0.29) is 17.1 Å². The van der Waals surface area contributed by atoms with Gasteiger partial charge in [0.15, 0.2) is 5.78 Å². The van der Waals surface area contributed by atoms with Crippen molar-refractivity contribution in [1.82, 2.24) is 10.2 Å². The smallest absolute Gasteiger partial charge is 0.234 e. The number of hydrogen-bond donors (Lipinski definition) is 1. The molecular formula is C14H26N2O3. The van der Waals surface area contributed by atoms with Crippen molar-refractivity contribution in [3.8, 4) is 0 Å². The molecule has 0 aliphatic carbocycles. The van der Waals surface area contributed by atoms with Crippen LogP contribution in [0.5, 0.6) is 0 Å². The molecule has 1 unspecified atom stereocenters. The highest BCUT2D eigenvalue weighted by Crippen LogP contribution is 2.21. The van der Waals surface area contributed by atoms with Gasteiger partial charge in [-0.2, -0.15) is 0 Å². The van der Waals surface area contributed by atoms with Crippen LogP contribution in [0.15, 0.2) is 0 Å². The summed E-state index contributed by atoms with van der Waals surface area (Å²) in [4.78, 5) is 26.0. The van der Waals surface area contributed by atoms with E-state index in [0.29, 0.717) is 26.2 Å². The Hall–Kier alpha value is -0.940. The van der Waals surface area contributed by atoms with Gasteiger partial charge < -0.3 is 10.1 Å². The fourth-order valence-corrected chi connectivity index (χ4v) is 2.15. The first-order chi connectivity index (χ1) is 8.84. The molecule has 0 aromatic carbocycles. The Morgan fingerprint density at radius 1 is 1.26 bits per heavy atom. The fraction of sp³-hybridized carbons (Fsp3) is 0.857. The zero-order valence-electron chi connectivity index (χ0n) is 12.5. The molecule has 1 atom stereocenters. The lowest BCUT2D eigenvalue weighted by molar-refractivity contribution is -0.131. The van der Waals surface area contributed by atoms with Gasteiger partial charge in [0.05, 0.1) is 25.8 Å². The minimum atomic E-state index is -0.411. The molecule has 0 radical (unpaired) electrons. The number of carbonyl (C=O) groups excluding carboxylic acids is 2.